The Morgan fingerprint density at radius 3 is 2.26 bits per heavy atom. The van der Waals surface area contributed by atoms with Crippen molar-refractivity contribution < 1.29 is 0 Å². The largest absolute Gasteiger partial charge is 0.295 e. The molecule has 0 amide bonds. The third-order valence-corrected chi connectivity index (χ3v) is 4.64. The summed E-state index contributed by atoms with van der Waals surface area (Å²) < 4.78 is 1.10. The first-order chi connectivity index (χ1) is 11.2. The Kier molecular flexibility index (Phi) is 5.47. The van der Waals surface area contributed by atoms with E-state index in [1.54, 1.807) is 0 Å². The standard InChI is InChI=1S/C19H22BrN3/c1-16-2-4-18(5-3-16)15-22-10-12-23(13-11-22)21-14-17-6-8-19(20)9-7-17/h2-9,14H,10-13,15H2,1H3/b21-14-. The van der Waals surface area contributed by atoms with Crippen LogP contribution in [0, 0.1) is 6.92 Å². The van der Waals surface area contributed by atoms with E-state index >= 15 is 0 Å². The molecule has 0 aromatic heterocycles. The lowest BCUT2D eigenvalue weighted by Gasteiger charge is -2.33. The van der Waals surface area contributed by atoms with Crippen molar-refractivity contribution in [2.75, 3.05) is 26.2 Å². The Balaban J connectivity index is 1.48. The van der Waals surface area contributed by atoms with Crippen LogP contribution in [-0.4, -0.2) is 42.3 Å². The molecule has 0 aliphatic carbocycles. The van der Waals surface area contributed by atoms with Gasteiger partial charge in [-0.1, -0.05) is 57.9 Å². The molecule has 2 aromatic rings. The molecule has 1 heterocycles. The maximum absolute atomic E-state index is 4.60. The normalized spacial score (nSPS) is 16.2. The summed E-state index contributed by atoms with van der Waals surface area (Å²) in [6, 6.07) is 17.1. The molecular weight excluding hydrogens is 350 g/mol. The molecule has 3 nitrogen and oxygen atoms in total. The SMILES string of the molecule is Cc1ccc(CN2CCN(/N=C\c3ccc(Br)cc3)CC2)cc1. The number of hydrogen-bond acceptors (Lipinski definition) is 3. The van der Waals surface area contributed by atoms with Crippen LogP contribution in [0.25, 0.3) is 0 Å². The predicted octanol–water partition coefficient (Wildman–Crippen LogP) is 3.91. The number of halogens is 1. The first-order valence-electron chi connectivity index (χ1n) is 8.01. The Labute approximate surface area is 146 Å². The summed E-state index contributed by atoms with van der Waals surface area (Å²) in [4.78, 5) is 2.50. The van der Waals surface area contributed by atoms with Crippen molar-refractivity contribution in [2.24, 2.45) is 5.10 Å². The van der Waals surface area contributed by atoms with Crippen LogP contribution in [-0.2, 0) is 6.54 Å². The minimum atomic E-state index is 0.985. The van der Waals surface area contributed by atoms with Crippen molar-refractivity contribution in [3.63, 3.8) is 0 Å². The molecule has 1 aliphatic rings. The van der Waals surface area contributed by atoms with E-state index in [9.17, 15) is 0 Å². The lowest BCUT2D eigenvalue weighted by molar-refractivity contribution is 0.131. The van der Waals surface area contributed by atoms with E-state index in [1.165, 1.54) is 11.1 Å². The van der Waals surface area contributed by atoms with E-state index in [-0.39, 0.29) is 0 Å². The van der Waals surface area contributed by atoms with Gasteiger partial charge in [0.05, 0.1) is 6.21 Å². The van der Waals surface area contributed by atoms with Gasteiger partial charge in [0.15, 0.2) is 0 Å². The zero-order valence-corrected chi connectivity index (χ0v) is 15.0. The van der Waals surface area contributed by atoms with Crippen LogP contribution in [0.2, 0.25) is 0 Å². The van der Waals surface area contributed by atoms with E-state index in [1.807, 2.05) is 18.3 Å². The molecule has 0 bridgehead atoms. The van der Waals surface area contributed by atoms with Gasteiger partial charge in [-0.15, -0.1) is 0 Å². The van der Waals surface area contributed by atoms with Gasteiger partial charge in [0.25, 0.3) is 0 Å². The molecule has 0 saturated carbocycles. The minimum Gasteiger partial charge on any atom is -0.295 e. The predicted molar refractivity (Wildman–Crippen MR) is 99.8 cm³/mol. The first kappa shape index (κ1) is 16.2. The third-order valence-electron chi connectivity index (χ3n) is 4.12. The van der Waals surface area contributed by atoms with Crippen LogP contribution >= 0.6 is 15.9 Å². The highest BCUT2D eigenvalue weighted by Gasteiger charge is 2.15. The molecular formula is C19H22BrN3. The fourth-order valence-electron chi connectivity index (χ4n) is 2.66. The zero-order chi connectivity index (χ0) is 16.1. The van der Waals surface area contributed by atoms with Crippen LogP contribution in [0.15, 0.2) is 58.1 Å². The van der Waals surface area contributed by atoms with Crippen LogP contribution in [0.3, 0.4) is 0 Å². The first-order valence-corrected chi connectivity index (χ1v) is 8.81. The van der Waals surface area contributed by atoms with Crippen molar-refractivity contribution in [1.29, 1.82) is 0 Å². The summed E-state index contributed by atoms with van der Waals surface area (Å²) in [6.07, 6.45) is 1.95. The van der Waals surface area contributed by atoms with Gasteiger partial charge in [-0.2, -0.15) is 5.10 Å². The zero-order valence-electron chi connectivity index (χ0n) is 13.5. The maximum Gasteiger partial charge on any atom is 0.0542 e. The summed E-state index contributed by atoms with van der Waals surface area (Å²) >= 11 is 3.45. The second kappa shape index (κ2) is 7.75. The minimum absolute atomic E-state index is 0.985. The molecule has 0 N–H and O–H groups in total. The van der Waals surface area contributed by atoms with E-state index in [0.29, 0.717) is 0 Å². The Hall–Kier alpha value is -1.65. The highest BCUT2D eigenvalue weighted by Crippen LogP contribution is 2.11. The molecule has 0 atom stereocenters. The van der Waals surface area contributed by atoms with E-state index in [0.717, 1.165) is 42.8 Å². The van der Waals surface area contributed by atoms with E-state index in [4.69, 9.17) is 0 Å². The van der Waals surface area contributed by atoms with Crippen LogP contribution in [0.4, 0.5) is 0 Å². The highest BCUT2D eigenvalue weighted by atomic mass is 79.9. The summed E-state index contributed by atoms with van der Waals surface area (Å²) in [5, 5.41) is 6.76. The quantitative estimate of drug-likeness (QED) is 0.758. The highest BCUT2D eigenvalue weighted by molar-refractivity contribution is 9.10. The summed E-state index contributed by atoms with van der Waals surface area (Å²) in [5.41, 5.74) is 3.85. The molecule has 0 unspecified atom stereocenters. The topological polar surface area (TPSA) is 18.8 Å². The summed E-state index contributed by atoms with van der Waals surface area (Å²) in [5.74, 6) is 0. The Morgan fingerprint density at radius 2 is 1.61 bits per heavy atom. The molecule has 0 radical (unpaired) electrons. The molecule has 3 rings (SSSR count). The third kappa shape index (κ3) is 4.91. The molecule has 1 fully saturated rings. The van der Waals surface area contributed by atoms with Gasteiger partial charge in [-0.05, 0) is 30.2 Å². The van der Waals surface area contributed by atoms with Crippen LogP contribution in [0.5, 0.6) is 0 Å². The van der Waals surface area contributed by atoms with Gasteiger partial charge in [0.1, 0.15) is 0 Å². The maximum atomic E-state index is 4.60. The lowest BCUT2D eigenvalue weighted by Crippen LogP contribution is -2.43. The van der Waals surface area contributed by atoms with Gasteiger partial charge in [0.2, 0.25) is 0 Å². The summed E-state index contributed by atoms with van der Waals surface area (Å²) in [7, 11) is 0. The Morgan fingerprint density at radius 1 is 0.957 bits per heavy atom. The number of benzene rings is 2. The fraction of sp³-hybridized carbons (Fsp3) is 0.316. The van der Waals surface area contributed by atoms with Crippen molar-refractivity contribution in [1.82, 2.24) is 9.91 Å². The van der Waals surface area contributed by atoms with E-state index < -0.39 is 0 Å². The molecule has 23 heavy (non-hydrogen) atoms. The number of hydrogen-bond donors (Lipinski definition) is 0. The Bertz CT molecular complexity index is 641. The average Bonchev–Trinajstić information content (AvgIpc) is 2.58. The van der Waals surface area contributed by atoms with E-state index in [2.05, 4.69) is 74.3 Å². The molecule has 4 heteroatoms. The molecule has 0 spiro atoms. The van der Waals surface area contributed by atoms with Gasteiger partial charge in [-0.3, -0.25) is 9.91 Å². The average molecular weight is 372 g/mol. The van der Waals surface area contributed by atoms with Crippen LogP contribution < -0.4 is 0 Å². The van der Waals surface area contributed by atoms with Gasteiger partial charge in [-0.25, -0.2) is 0 Å². The van der Waals surface area contributed by atoms with Gasteiger partial charge >= 0.3 is 0 Å². The number of hydrazone groups is 1. The van der Waals surface area contributed by atoms with Gasteiger partial charge < -0.3 is 0 Å². The molecule has 1 aliphatic heterocycles. The molecule has 1 saturated heterocycles. The second-order valence-corrected chi connectivity index (χ2v) is 6.93. The fourth-order valence-corrected chi connectivity index (χ4v) is 2.92. The monoisotopic (exact) mass is 371 g/mol. The smallest absolute Gasteiger partial charge is 0.0542 e. The number of piperazine rings is 1. The van der Waals surface area contributed by atoms with Crippen molar-refractivity contribution in [2.45, 2.75) is 13.5 Å². The van der Waals surface area contributed by atoms with Crippen molar-refractivity contribution >= 4 is 22.1 Å². The number of aryl methyl sites for hydroxylation is 1. The molecule has 120 valence electrons. The summed E-state index contributed by atoms with van der Waals surface area (Å²) in [6.45, 7) is 7.26. The lowest BCUT2D eigenvalue weighted by atomic mass is 10.1. The number of nitrogens with zero attached hydrogens (tertiary/aromatic N) is 3. The van der Waals surface area contributed by atoms with Crippen LogP contribution in [0.1, 0.15) is 16.7 Å². The van der Waals surface area contributed by atoms with Crippen molar-refractivity contribution in [3.8, 4) is 0 Å². The second-order valence-electron chi connectivity index (χ2n) is 6.01. The van der Waals surface area contributed by atoms with Gasteiger partial charge in [0, 0.05) is 37.2 Å². The van der Waals surface area contributed by atoms with Crippen molar-refractivity contribution in [3.05, 3.63) is 69.7 Å². The molecule has 2 aromatic carbocycles. The number of rotatable bonds is 4.